The van der Waals surface area contributed by atoms with E-state index in [4.69, 9.17) is 10.5 Å². The van der Waals surface area contributed by atoms with Crippen LogP contribution in [0.4, 0.5) is 0 Å². The molecule has 0 heterocycles. The Balaban J connectivity index is 2.59. The number of hydrogen-bond donors (Lipinski definition) is 1. The lowest BCUT2D eigenvalue weighted by Gasteiger charge is -2.21. The summed E-state index contributed by atoms with van der Waals surface area (Å²) in [5, 5.41) is 0.382. The molecule has 0 saturated heterocycles. The van der Waals surface area contributed by atoms with Crippen LogP contribution >= 0.6 is 11.8 Å². The molecule has 1 aromatic carbocycles. The van der Waals surface area contributed by atoms with Crippen LogP contribution in [0.15, 0.2) is 24.3 Å². The summed E-state index contributed by atoms with van der Waals surface area (Å²) in [6.07, 6.45) is 3.85. The lowest BCUT2D eigenvalue weighted by Crippen LogP contribution is -2.22. The number of unbranched alkanes of at least 4 members (excludes halogenated alkanes) is 2. The summed E-state index contributed by atoms with van der Waals surface area (Å²) in [6, 6.07) is 8.44. The molecule has 0 amide bonds. The van der Waals surface area contributed by atoms with Gasteiger partial charge in [0.25, 0.3) is 0 Å². The second-order valence-electron chi connectivity index (χ2n) is 4.63. The minimum absolute atomic E-state index is 0.171. The molecule has 2 atom stereocenters. The first-order chi connectivity index (χ1) is 8.69. The Bertz CT molecular complexity index is 324. The van der Waals surface area contributed by atoms with E-state index in [-0.39, 0.29) is 6.04 Å². The van der Waals surface area contributed by atoms with Crippen molar-refractivity contribution in [3.05, 3.63) is 29.8 Å². The molecule has 0 saturated carbocycles. The number of rotatable bonds is 8. The summed E-state index contributed by atoms with van der Waals surface area (Å²) >= 11 is 1.97. The summed E-state index contributed by atoms with van der Waals surface area (Å²) in [5.74, 6) is 2.09. The molecule has 2 nitrogen and oxygen atoms in total. The molecule has 1 aromatic rings. The van der Waals surface area contributed by atoms with Crippen LogP contribution < -0.4 is 10.5 Å². The van der Waals surface area contributed by atoms with Gasteiger partial charge in [0.1, 0.15) is 5.75 Å². The number of ether oxygens (including phenoxy) is 1. The number of methoxy groups -OCH3 is 1. The van der Waals surface area contributed by atoms with Crippen molar-refractivity contribution in [1.29, 1.82) is 0 Å². The maximum absolute atomic E-state index is 6.10. The summed E-state index contributed by atoms with van der Waals surface area (Å²) in [6.45, 7) is 4.32. The van der Waals surface area contributed by atoms with Crippen LogP contribution in [0.5, 0.6) is 5.75 Å². The fourth-order valence-electron chi connectivity index (χ4n) is 1.91. The molecule has 0 radical (unpaired) electrons. The smallest absolute Gasteiger partial charge is 0.118 e. The largest absolute Gasteiger partial charge is 0.497 e. The minimum Gasteiger partial charge on any atom is -0.497 e. The maximum Gasteiger partial charge on any atom is 0.118 e. The molecule has 0 spiro atoms. The van der Waals surface area contributed by atoms with Crippen molar-refractivity contribution < 1.29 is 4.74 Å². The molecule has 0 aliphatic rings. The molecule has 1 rings (SSSR count). The van der Waals surface area contributed by atoms with Gasteiger partial charge in [0, 0.05) is 11.3 Å². The lowest BCUT2D eigenvalue weighted by molar-refractivity contribution is 0.414. The average molecular weight is 267 g/mol. The Labute approximate surface area is 115 Å². The van der Waals surface area contributed by atoms with E-state index in [0.717, 1.165) is 5.75 Å². The third kappa shape index (κ3) is 4.91. The van der Waals surface area contributed by atoms with Gasteiger partial charge in [-0.05, 0) is 36.8 Å². The fraction of sp³-hybridized carbons (Fsp3) is 0.600. The second kappa shape index (κ2) is 8.44. The van der Waals surface area contributed by atoms with Gasteiger partial charge in [0.15, 0.2) is 0 Å². The van der Waals surface area contributed by atoms with Crippen molar-refractivity contribution in [3.8, 4) is 5.75 Å². The molecule has 2 N–H and O–H groups in total. The van der Waals surface area contributed by atoms with E-state index in [1.54, 1.807) is 7.11 Å². The van der Waals surface area contributed by atoms with Gasteiger partial charge in [0.2, 0.25) is 0 Å². The van der Waals surface area contributed by atoms with Gasteiger partial charge in [0.05, 0.1) is 7.11 Å². The summed E-state index contributed by atoms with van der Waals surface area (Å²) in [7, 11) is 1.69. The maximum atomic E-state index is 6.10. The van der Waals surface area contributed by atoms with Crippen molar-refractivity contribution in [2.45, 2.75) is 44.4 Å². The van der Waals surface area contributed by atoms with Crippen molar-refractivity contribution in [2.24, 2.45) is 5.73 Å². The number of benzene rings is 1. The molecule has 0 bridgehead atoms. The average Bonchev–Trinajstić information content (AvgIpc) is 2.39. The molecule has 0 aliphatic carbocycles. The quantitative estimate of drug-likeness (QED) is 0.723. The number of thioether (sulfide) groups is 1. The first-order valence-electron chi connectivity index (χ1n) is 6.70. The van der Waals surface area contributed by atoms with Crippen molar-refractivity contribution in [3.63, 3.8) is 0 Å². The topological polar surface area (TPSA) is 35.2 Å². The Morgan fingerprint density at radius 2 is 1.89 bits per heavy atom. The molecule has 3 heteroatoms. The van der Waals surface area contributed by atoms with E-state index in [2.05, 4.69) is 26.0 Å². The van der Waals surface area contributed by atoms with Crippen LogP contribution in [-0.2, 0) is 0 Å². The van der Waals surface area contributed by atoms with E-state index in [1.165, 1.54) is 30.6 Å². The number of hydrogen-bond acceptors (Lipinski definition) is 3. The van der Waals surface area contributed by atoms with Crippen LogP contribution in [0.25, 0.3) is 0 Å². The SMILES string of the molecule is CCCCCSC(c1ccc(OC)cc1)C(C)N. The third-order valence-corrected chi connectivity index (χ3v) is 4.55. The highest BCUT2D eigenvalue weighted by Gasteiger charge is 2.16. The van der Waals surface area contributed by atoms with Gasteiger partial charge < -0.3 is 10.5 Å². The predicted molar refractivity (Wildman–Crippen MR) is 81.4 cm³/mol. The van der Waals surface area contributed by atoms with Gasteiger partial charge in [-0.2, -0.15) is 11.8 Å². The standard InChI is InChI=1S/C15H25NOS/c1-4-5-6-11-18-15(12(2)16)13-7-9-14(17-3)10-8-13/h7-10,12,15H,4-6,11,16H2,1-3H3. The van der Waals surface area contributed by atoms with Gasteiger partial charge in [-0.3, -0.25) is 0 Å². The van der Waals surface area contributed by atoms with Crippen LogP contribution in [-0.4, -0.2) is 18.9 Å². The number of nitrogens with two attached hydrogens (primary N) is 1. The first-order valence-corrected chi connectivity index (χ1v) is 7.75. The van der Waals surface area contributed by atoms with E-state index >= 15 is 0 Å². The second-order valence-corrected chi connectivity index (χ2v) is 5.88. The molecular weight excluding hydrogens is 242 g/mol. The van der Waals surface area contributed by atoms with Crippen LogP contribution in [0.2, 0.25) is 0 Å². The highest BCUT2D eigenvalue weighted by Crippen LogP contribution is 2.32. The zero-order chi connectivity index (χ0) is 13.4. The van der Waals surface area contributed by atoms with E-state index in [0.29, 0.717) is 5.25 Å². The van der Waals surface area contributed by atoms with E-state index in [1.807, 2.05) is 23.9 Å². The molecule has 0 fully saturated rings. The highest BCUT2D eigenvalue weighted by atomic mass is 32.2. The van der Waals surface area contributed by atoms with Crippen LogP contribution in [0.3, 0.4) is 0 Å². The van der Waals surface area contributed by atoms with Crippen molar-refractivity contribution in [1.82, 2.24) is 0 Å². The zero-order valence-corrected chi connectivity index (χ0v) is 12.5. The van der Waals surface area contributed by atoms with E-state index < -0.39 is 0 Å². The molecule has 0 aliphatic heterocycles. The zero-order valence-electron chi connectivity index (χ0n) is 11.7. The van der Waals surface area contributed by atoms with Crippen LogP contribution in [0.1, 0.15) is 43.9 Å². The van der Waals surface area contributed by atoms with Gasteiger partial charge in [-0.15, -0.1) is 0 Å². The Kier molecular flexibility index (Phi) is 7.21. The predicted octanol–water partition coefficient (Wildman–Crippen LogP) is 4.01. The monoisotopic (exact) mass is 267 g/mol. The van der Waals surface area contributed by atoms with Gasteiger partial charge >= 0.3 is 0 Å². The minimum atomic E-state index is 0.171. The van der Waals surface area contributed by atoms with Crippen LogP contribution in [0, 0.1) is 0 Å². The Morgan fingerprint density at radius 1 is 1.22 bits per heavy atom. The Hall–Kier alpha value is -0.670. The normalized spacial score (nSPS) is 14.2. The van der Waals surface area contributed by atoms with E-state index in [9.17, 15) is 0 Å². The summed E-state index contributed by atoms with van der Waals surface area (Å²) in [4.78, 5) is 0. The Morgan fingerprint density at radius 3 is 2.39 bits per heavy atom. The molecule has 2 unspecified atom stereocenters. The van der Waals surface area contributed by atoms with Crippen molar-refractivity contribution >= 4 is 11.8 Å². The fourth-order valence-corrected chi connectivity index (χ4v) is 3.19. The molecular formula is C15H25NOS. The van der Waals surface area contributed by atoms with Gasteiger partial charge in [-0.25, -0.2) is 0 Å². The lowest BCUT2D eigenvalue weighted by atomic mass is 10.1. The first kappa shape index (κ1) is 15.4. The molecule has 0 aromatic heterocycles. The summed E-state index contributed by atoms with van der Waals surface area (Å²) in [5.41, 5.74) is 7.40. The highest BCUT2D eigenvalue weighted by molar-refractivity contribution is 7.99. The van der Waals surface area contributed by atoms with Crippen molar-refractivity contribution in [2.75, 3.05) is 12.9 Å². The third-order valence-electron chi connectivity index (χ3n) is 2.97. The summed E-state index contributed by atoms with van der Waals surface area (Å²) < 4.78 is 5.18. The van der Waals surface area contributed by atoms with Gasteiger partial charge in [-0.1, -0.05) is 31.9 Å². The molecule has 102 valence electrons. The molecule has 18 heavy (non-hydrogen) atoms.